The van der Waals surface area contributed by atoms with Crippen LogP contribution in [0.5, 0.6) is 0 Å². The first kappa shape index (κ1) is 14.5. The van der Waals surface area contributed by atoms with E-state index in [-0.39, 0.29) is 6.54 Å². The Morgan fingerprint density at radius 2 is 2.11 bits per heavy atom. The summed E-state index contributed by atoms with van der Waals surface area (Å²) in [5.41, 5.74) is -1.09. The molecule has 102 valence electrons. The third kappa shape index (κ3) is 4.37. The minimum atomic E-state index is -1.18. The van der Waals surface area contributed by atoms with Crippen molar-refractivity contribution in [2.24, 2.45) is 7.05 Å². The number of carbonyl (C=O) groups is 1. The summed E-state index contributed by atoms with van der Waals surface area (Å²) < 4.78 is 6.69. The maximum absolute atomic E-state index is 11.5. The Morgan fingerprint density at radius 1 is 1.50 bits per heavy atom. The number of hydrogen-bond donors (Lipinski definition) is 2. The number of rotatable bonds is 3. The van der Waals surface area contributed by atoms with Crippen molar-refractivity contribution in [1.82, 2.24) is 15.1 Å². The Bertz CT molecular complexity index is 418. The normalized spacial score (nSPS) is 15.0. The molecule has 1 amide bonds. The minimum absolute atomic E-state index is 0.0631. The maximum atomic E-state index is 11.5. The fraction of sp³-hybridized carbons (Fsp3) is 0.667. The molecular weight excluding hydrogens is 234 g/mol. The molecule has 0 unspecified atom stereocenters. The predicted molar refractivity (Wildman–Crippen MR) is 67.0 cm³/mol. The molecule has 6 nitrogen and oxygen atoms in total. The molecule has 1 heterocycles. The van der Waals surface area contributed by atoms with Gasteiger partial charge in [0, 0.05) is 18.8 Å². The summed E-state index contributed by atoms with van der Waals surface area (Å²) in [6.45, 7) is 7.03. The Hall–Kier alpha value is -1.56. The van der Waals surface area contributed by atoms with E-state index in [2.05, 4.69) is 10.4 Å². The van der Waals surface area contributed by atoms with E-state index in [0.29, 0.717) is 5.56 Å². The lowest BCUT2D eigenvalue weighted by Gasteiger charge is -2.24. The molecule has 0 aliphatic rings. The molecule has 1 aromatic heterocycles. The number of aliphatic hydroxyl groups is 1. The molecule has 1 atom stereocenters. The van der Waals surface area contributed by atoms with Gasteiger partial charge in [0.15, 0.2) is 0 Å². The van der Waals surface area contributed by atoms with Crippen molar-refractivity contribution in [3.63, 3.8) is 0 Å². The highest BCUT2D eigenvalue weighted by Crippen LogP contribution is 2.18. The second kappa shape index (κ2) is 4.97. The first-order valence-electron chi connectivity index (χ1n) is 5.78. The van der Waals surface area contributed by atoms with Gasteiger partial charge >= 0.3 is 6.09 Å². The topological polar surface area (TPSA) is 76.4 Å². The lowest BCUT2D eigenvalue weighted by molar-refractivity contribution is 0.0316. The number of carbonyl (C=O) groups excluding carboxylic acids is 1. The third-order valence-electron chi connectivity index (χ3n) is 2.30. The Balaban J connectivity index is 2.55. The average molecular weight is 255 g/mol. The summed E-state index contributed by atoms with van der Waals surface area (Å²) >= 11 is 0. The fourth-order valence-corrected chi connectivity index (χ4v) is 1.36. The predicted octanol–water partition coefficient (Wildman–Crippen LogP) is 1.15. The largest absolute Gasteiger partial charge is 0.444 e. The molecule has 1 rings (SSSR count). The average Bonchev–Trinajstić information content (AvgIpc) is 2.60. The van der Waals surface area contributed by atoms with Gasteiger partial charge in [0.25, 0.3) is 0 Å². The van der Waals surface area contributed by atoms with Gasteiger partial charge in [-0.3, -0.25) is 4.68 Å². The van der Waals surface area contributed by atoms with Gasteiger partial charge in [0.05, 0.1) is 12.7 Å². The number of nitrogens with zero attached hydrogens (tertiary/aromatic N) is 2. The first-order valence-corrected chi connectivity index (χ1v) is 5.78. The van der Waals surface area contributed by atoms with Crippen LogP contribution in [0, 0.1) is 0 Å². The summed E-state index contributed by atoms with van der Waals surface area (Å²) in [5, 5.41) is 16.7. The molecule has 0 spiro atoms. The van der Waals surface area contributed by atoms with Gasteiger partial charge in [-0.05, 0) is 27.7 Å². The molecular formula is C12H21N3O3. The molecule has 18 heavy (non-hydrogen) atoms. The van der Waals surface area contributed by atoms with E-state index in [4.69, 9.17) is 4.74 Å². The Labute approximate surface area is 107 Å². The molecule has 0 saturated heterocycles. The summed E-state index contributed by atoms with van der Waals surface area (Å²) in [4.78, 5) is 11.5. The molecule has 0 bridgehead atoms. The van der Waals surface area contributed by atoms with Crippen molar-refractivity contribution in [1.29, 1.82) is 0 Å². The van der Waals surface area contributed by atoms with Gasteiger partial charge < -0.3 is 15.2 Å². The smallest absolute Gasteiger partial charge is 0.407 e. The van der Waals surface area contributed by atoms with Crippen molar-refractivity contribution < 1.29 is 14.6 Å². The van der Waals surface area contributed by atoms with Gasteiger partial charge in [-0.15, -0.1) is 0 Å². The van der Waals surface area contributed by atoms with Crippen LogP contribution in [-0.4, -0.2) is 33.1 Å². The molecule has 1 aromatic rings. The number of nitrogens with one attached hydrogen (secondary N) is 1. The van der Waals surface area contributed by atoms with Crippen LogP contribution in [0.4, 0.5) is 4.79 Å². The van der Waals surface area contributed by atoms with Gasteiger partial charge in [-0.25, -0.2) is 4.79 Å². The molecule has 0 fully saturated rings. The van der Waals surface area contributed by atoms with E-state index in [1.54, 1.807) is 51.8 Å². The lowest BCUT2D eigenvalue weighted by atomic mass is 10.00. The lowest BCUT2D eigenvalue weighted by Crippen LogP contribution is -2.41. The van der Waals surface area contributed by atoms with Crippen LogP contribution in [0.25, 0.3) is 0 Å². The summed E-state index contributed by atoms with van der Waals surface area (Å²) in [6.07, 6.45) is 2.72. The second-order valence-electron chi connectivity index (χ2n) is 5.53. The number of aromatic nitrogens is 2. The highest BCUT2D eigenvalue weighted by Gasteiger charge is 2.26. The van der Waals surface area contributed by atoms with Crippen LogP contribution in [0.15, 0.2) is 12.4 Å². The molecule has 0 saturated carbocycles. The minimum Gasteiger partial charge on any atom is -0.444 e. The van der Waals surface area contributed by atoms with E-state index in [1.807, 2.05) is 0 Å². The van der Waals surface area contributed by atoms with Gasteiger partial charge in [0.1, 0.15) is 11.2 Å². The van der Waals surface area contributed by atoms with Crippen LogP contribution in [0.2, 0.25) is 0 Å². The Morgan fingerprint density at radius 3 is 2.56 bits per heavy atom. The highest BCUT2D eigenvalue weighted by molar-refractivity contribution is 5.67. The summed E-state index contributed by atoms with van der Waals surface area (Å²) in [5.74, 6) is 0. The van der Waals surface area contributed by atoms with Crippen molar-refractivity contribution in [3.05, 3.63) is 18.0 Å². The van der Waals surface area contributed by atoms with Crippen LogP contribution < -0.4 is 5.32 Å². The van der Waals surface area contributed by atoms with Crippen LogP contribution >= 0.6 is 0 Å². The van der Waals surface area contributed by atoms with Gasteiger partial charge in [-0.2, -0.15) is 5.10 Å². The third-order valence-corrected chi connectivity index (χ3v) is 2.30. The summed E-state index contributed by atoms with van der Waals surface area (Å²) in [6, 6.07) is 0. The summed E-state index contributed by atoms with van der Waals surface area (Å²) in [7, 11) is 1.76. The van der Waals surface area contributed by atoms with Crippen molar-refractivity contribution in [3.8, 4) is 0 Å². The molecule has 6 heteroatoms. The monoisotopic (exact) mass is 255 g/mol. The van der Waals surface area contributed by atoms with Crippen LogP contribution in [0.3, 0.4) is 0 Å². The number of ether oxygens (including phenoxy) is 1. The zero-order chi connectivity index (χ0) is 14.0. The standard InChI is InChI=1S/C12H21N3O3/c1-11(2,3)18-10(16)13-8-12(4,17)9-6-14-15(5)7-9/h6-7,17H,8H2,1-5H3,(H,13,16)/t12-/m0/s1. The van der Waals surface area contributed by atoms with Crippen molar-refractivity contribution >= 4 is 6.09 Å². The molecule has 0 radical (unpaired) electrons. The van der Waals surface area contributed by atoms with E-state index in [0.717, 1.165) is 0 Å². The zero-order valence-electron chi connectivity index (χ0n) is 11.5. The van der Waals surface area contributed by atoms with E-state index >= 15 is 0 Å². The quantitative estimate of drug-likeness (QED) is 0.849. The van der Waals surface area contributed by atoms with Crippen LogP contribution in [0.1, 0.15) is 33.3 Å². The van der Waals surface area contributed by atoms with Gasteiger partial charge in [-0.1, -0.05) is 0 Å². The number of amides is 1. The van der Waals surface area contributed by atoms with Crippen LogP contribution in [-0.2, 0) is 17.4 Å². The van der Waals surface area contributed by atoms with Crippen molar-refractivity contribution in [2.75, 3.05) is 6.54 Å². The van der Waals surface area contributed by atoms with Gasteiger partial charge in [0.2, 0.25) is 0 Å². The first-order chi connectivity index (χ1) is 8.10. The molecule has 2 N–H and O–H groups in total. The van der Waals surface area contributed by atoms with E-state index in [1.165, 1.54) is 0 Å². The molecule has 0 aliphatic carbocycles. The number of hydrogen-bond acceptors (Lipinski definition) is 4. The zero-order valence-corrected chi connectivity index (χ0v) is 11.5. The second-order valence-corrected chi connectivity index (χ2v) is 5.53. The fourth-order valence-electron chi connectivity index (χ4n) is 1.36. The maximum Gasteiger partial charge on any atom is 0.407 e. The SMILES string of the molecule is Cn1cc([C@@](C)(O)CNC(=O)OC(C)(C)C)cn1. The number of alkyl carbamates (subject to hydrolysis) is 1. The molecule has 0 aromatic carbocycles. The highest BCUT2D eigenvalue weighted by atomic mass is 16.6. The molecule has 0 aliphatic heterocycles. The van der Waals surface area contributed by atoms with E-state index < -0.39 is 17.3 Å². The van der Waals surface area contributed by atoms with Crippen molar-refractivity contribution in [2.45, 2.75) is 38.9 Å². The Kier molecular flexibility index (Phi) is 4.01. The number of aryl methyl sites for hydroxylation is 1. The van der Waals surface area contributed by atoms with E-state index in [9.17, 15) is 9.90 Å².